The lowest BCUT2D eigenvalue weighted by atomic mass is 9.88. The van der Waals surface area contributed by atoms with Crippen molar-refractivity contribution in [2.24, 2.45) is 17.6 Å². The summed E-state index contributed by atoms with van der Waals surface area (Å²) in [6, 6.07) is 4.62. The highest BCUT2D eigenvalue weighted by molar-refractivity contribution is 9.10. The minimum absolute atomic E-state index is 0.000463. The van der Waals surface area contributed by atoms with Gasteiger partial charge in [-0.1, -0.05) is 29.8 Å². The van der Waals surface area contributed by atoms with Gasteiger partial charge in [-0.3, -0.25) is 4.79 Å². The van der Waals surface area contributed by atoms with Gasteiger partial charge in [0.05, 0.1) is 0 Å². The molecule has 0 fully saturated rings. The Labute approximate surface area is 110 Å². The van der Waals surface area contributed by atoms with Gasteiger partial charge in [-0.25, -0.2) is 4.39 Å². The molecule has 1 aromatic carbocycles. The Kier molecular flexibility index (Phi) is 5.28. The molecule has 1 aromatic rings. The van der Waals surface area contributed by atoms with Gasteiger partial charge in [0.25, 0.3) is 0 Å². The molecule has 4 heteroatoms. The maximum absolute atomic E-state index is 13.5. The monoisotopic (exact) mass is 301 g/mol. The number of benzene rings is 1. The molecule has 2 nitrogen and oxygen atoms in total. The summed E-state index contributed by atoms with van der Waals surface area (Å²) in [6.07, 6.45) is 0.102. The summed E-state index contributed by atoms with van der Waals surface area (Å²) in [4.78, 5) is 12.0. The molecule has 0 saturated carbocycles. The lowest BCUT2D eigenvalue weighted by molar-refractivity contribution is -0.123. The molecule has 0 aromatic heterocycles. The van der Waals surface area contributed by atoms with E-state index in [0.717, 1.165) is 4.47 Å². The van der Waals surface area contributed by atoms with E-state index in [0.29, 0.717) is 12.1 Å². The lowest BCUT2D eigenvalue weighted by Crippen LogP contribution is -2.29. The van der Waals surface area contributed by atoms with E-state index in [2.05, 4.69) is 15.9 Å². The quantitative estimate of drug-likeness (QED) is 0.909. The van der Waals surface area contributed by atoms with Gasteiger partial charge in [0.2, 0.25) is 0 Å². The van der Waals surface area contributed by atoms with Gasteiger partial charge < -0.3 is 5.73 Å². The molecule has 0 spiro atoms. The third-order valence-corrected chi connectivity index (χ3v) is 3.34. The van der Waals surface area contributed by atoms with Crippen LogP contribution in [0.2, 0.25) is 0 Å². The number of carbonyl (C=O) groups excluding carboxylic acids is 1. The third-order valence-electron chi connectivity index (χ3n) is 2.84. The molecule has 0 bridgehead atoms. The van der Waals surface area contributed by atoms with Crippen molar-refractivity contribution < 1.29 is 9.18 Å². The largest absolute Gasteiger partial charge is 0.330 e. The number of carbonyl (C=O) groups is 1. The van der Waals surface area contributed by atoms with Crippen LogP contribution in [0, 0.1) is 17.7 Å². The van der Waals surface area contributed by atoms with Crippen LogP contribution in [0.4, 0.5) is 4.39 Å². The summed E-state index contributed by atoms with van der Waals surface area (Å²) in [6.45, 7) is 4.21. The molecule has 0 aliphatic rings. The van der Waals surface area contributed by atoms with E-state index in [1.807, 2.05) is 13.8 Å². The number of ketones is 1. The van der Waals surface area contributed by atoms with Crippen LogP contribution >= 0.6 is 15.9 Å². The number of halogens is 2. The Morgan fingerprint density at radius 1 is 1.47 bits per heavy atom. The number of rotatable bonds is 5. The van der Waals surface area contributed by atoms with Crippen molar-refractivity contribution >= 4 is 21.7 Å². The van der Waals surface area contributed by atoms with Crippen molar-refractivity contribution in [3.63, 3.8) is 0 Å². The highest BCUT2D eigenvalue weighted by Crippen LogP contribution is 2.19. The van der Waals surface area contributed by atoms with Gasteiger partial charge in [-0.05, 0) is 29.7 Å². The van der Waals surface area contributed by atoms with E-state index in [4.69, 9.17) is 5.73 Å². The molecule has 94 valence electrons. The first-order chi connectivity index (χ1) is 7.95. The van der Waals surface area contributed by atoms with Crippen LogP contribution in [0.15, 0.2) is 22.7 Å². The summed E-state index contributed by atoms with van der Waals surface area (Å²) in [7, 11) is 0. The second kappa shape index (κ2) is 6.26. The first-order valence-corrected chi connectivity index (χ1v) is 6.41. The number of Topliss-reactive ketones (excluding diaryl/α,β-unsaturated/α-hetero) is 1. The van der Waals surface area contributed by atoms with Crippen LogP contribution in [-0.2, 0) is 11.2 Å². The number of hydrogen-bond donors (Lipinski definition) is 1. The molecule has 1 unspecified atom stereocenters. The molecule has 0 heterocycles. The second-order valence-electron chi connectivity index (χ2n) is 4.47. The zero-order valence-electron chi connectivity index (χ0n) is 10.0. The van der Waals surface area contributed by atoms with Crippen LogP contribution in [0.25, 0.3) is 0 Å². The predicted octanol–water partition coefficient (Wildman–Crippen LogP) is 2.93. The van der Waals surface area contributed by atoms with Crippen LogP contribution in [0.1, 0.15) is 19.4 Å². The van der Waals surface area contributed by atoms with E-state index in [1.165, 1.54) is 6.07 Å². The Bertz CT molecular complexity index is 406. The predicted molar refractivity (Wildman–Crippen MR) is 70.2 cm³/mol. The maximum Gasteiger partial charge on any atom is 0.141 e. The SMILES string of the molecule is CC(C)C(CN)C(=O)Cc1cc(Br)ccc1F. The fourth-order valence-corrected chi connectivity index (χ4v) is 2.18. The number of hydrogen-bond acceptors (Lipinski definition) is 2. The molecule has 2 N–H and O–H groups in total. The summed E-state index contributed by atoms with van der Waals surface area (Å²) in [5.41, 5.74) is 5.99. The van der Waals surface area contributed by atoms with E-state index in [-0.39, 0.29) is 29.9 Å². The van der Waals surface area contributed by atoms with Crippen molar-refractivity contribution in [1.82, 2.24) is 0 Å². The molecule has 1 rings (SSSR count). The van der Waals surface area contributed by atoms with Gasteiger partial charge in [0, 0.05) is 23.4 Å². The standard InChI is InChI=1S/C13H17BrFNO/c1-8(2)11(7-16)13(17)6-9-5-10(14)3-4-12(9)15/h3-5,8,11H,6-7,16H2,1-2H3. The van der Waals surface area contributed by atoms with E-state index in [1.54, 1.807) is 12.1 Å². The Hall–Kier alpha value is -0.740. The molecule has 0 aliphatic heterocycles. The topological polar surface area (TPSA) is 43.1 Å². The Morgan fingerprint density at radius 3 is 2.65 bits per heavy atom. The fourth-order valence-electron chi connectivity index (χ4n) is 1.77. The maximum atomic E-state index is 13.5. The molecular weight excluding hydrogens is 285 g/mol. The van der Waals surface area contributed by atoms with Crippen LogP contribution in [0.3, 0.4) is 0 Å². The summed E-state index contributed by atoms with van der Waals surface area (Å²) >= 11 is 3.27. The summed E-state index contributed by atoms with van der Waals surface area (Å²) in [5.74, 6) is -0.364. The van der Waals surface area contributed by atoms with Crippen LogP contribution in [0.5, 0.6) is 0 Å². The normalized spacial score (nSPS) is 12.8. The number of nitrogens with two attached hydrogens (primary N) is 1. The van der Waals surface area contributed by atoms with Crippen molar-refractivity contribution in [2.75, 3.05) is 6.54 Å². The van der Waals surface area contributed by atoms with Crippen LogP contribution < -0.4 is 5.73 Å². The molecule has 17 heavy (non-hydrogen) atoms. The Morgan fingerprint density at radius 2 is 2.12 bits per heavy atom. The first-order valence-electron chi connectivity index (χ1n) is 5.62. The first kappa shape index (κ1) is 14.3. The summed E-state index contributed by atoms with van der Waals surface area (Å²) < 4.78 is 14.3. The second-order valence-corrected chi connectivity index (χ2v) is 5.38. The van der Waals surface area contributed by atoms with Crippen molar-refractivity contribution in [2.45, 2.75) is 20.3 Å². The smallest absolute Gasteiger partial charge is 0.141 e. The van der Waals surface area contributed by atoms with Crippen molar-refractivity contribution in [1.29, 1.82) is 0 Å². The molecule has 0 amide bonds. The van der Waals surface area contributed by atoms with Gasteiger partial charge in [0.1, 0.15) is 11.6 Å². The van der Waals surface area contributed by atoms with Gasteiger partial charge in [0.15, 0.2) is 0 Å². The van der Waals surface area contributed by atoms with Gasteiger partial charge in [-0.2, -0.15) is 0 Å². The summed E-state index contributed by atoms with van der Waals surface area (Å²) in [5, 5.41) is 0. The zero-order valence-corrected chi connectivity index (χ0v) is 11.6. The van der Waals surface area contributed by atoms with Gasteiger partial charge in [-0.15, -0.1) is 0 Å². The third kappa shape index (κ3) is 3.89. The fraction of sp³-hybridized carbons (Fsp3) is 0.462. The van der Waals surface area contributed by atoms with Gasteiger partial charge >= 0.3 is 0 Å². The zero-order chi connectivity index (χ0) is 13.0. The van der Waals surface area contributed by atoms with E-state index in [9.17, 15) is 9.18 Å². The minimum Gasteiger partial charge on any atom is -0.330 e. The van der Waals surface area contributed by atoms with E-state index < -0.39 is 0 Å². The molecular formula is C13H17BrFNO. The molecule has 0 aliphatic carbocycles. The molecule has 0 radical (unpaired) electrons. The highest BCUT2D eigenvalue weighted by Gasteiger charge is 2.21. The van der Waals surface area contributed by atoms with Crippen LogP contribution in [-0.4, -0.2) is 12.3 Å². The van der Waals surface area contributed by atoms with E-state index >= 15 is 0 Å². The lowest BCUT2D eigenvalue weighted by Gasteiger charge is -2.17. The average Bonchev–Trinajstić information content (AvgIpc) is 2.24. The molecule has 0 saturated heterocycles. The highest BCUT2D eigenvalue weighted by atomic mass is 79.9. The van der Waals surface area contributed by atoms with Crippen molar-refractivity contribution in [3.05, 3.63) is 34.1 Å². The average molecular weight is 302 g/mol. The molecule has 1 atom stereocenters. The Balaban J connectivity index is 2.83. The van der Waals surface area contributed by atoms with Crippen molar-refractivity contribution in [3.8, 4) is 0 Å². The minimum atomic E-state index is -0.346.